The van der Waals surface area contributed by atoms with Gasteiger partial charge in [0.05, 0.1) is 17.6 Å². The SMILES string of the molecule is COc1ccc(NC(=O)COC(=O)c2ccc([N+](=O)[O-])cc2)cc1. The lowest BCUT2D eigenvalue weighted by molar-refractivity contribution is -0.384. The monoisotopic (exact) mass is 330 g/mol. The third-order valence-electron chi connectivity index (χ3n) is 3.02. The van der Waals surface area contributed by atoms with Crippen LogP contribution in [0.1, 0.15) is 10.4 Å². The van der Waals surface area contributed by atoms with E-state index in [9.17, 15) is 19.7 Å². The molecule has 2 aromatic carbocycles. The molecular formula is C16H14N2O6. The first-order valence-electron chi connectivity index (χ1n) is 6.85. The predicted octanol–water partition coefficient (Wildman–Crippen LogP) is 2.40. The van der Waals surface area contributed by atoms with Crippen LogP contribution in [-0.2, 0) is 9.53 Å². The van der Waals surface area contributed by atoms with E-state index in [0.29, 0.717) is 11.4 Å². The van der Waals surface area contributed by atoms with Gasteiger partial charge in [-0.15, -0.1) is 0 Å². The van der Waals surface area contributed by atoms with Crippen LogP contribution in [0.3, 0.4) is 0 Å². The van der Waals surface area contributed by atoms with Gasteiger partial charge < -0.3 is 14.8 Å². The molecule has 124 valence electrons. The second-order valence-corrected chi connectivity index (χ2v) is 4.66. The lowest BCUT2D eigenvalue weighted by Gasteiger charge is -2.07. The largest absolute Gasteiger partial charge is 0.497 e. The summed E-state index contributed by atoms with van der Waals surface area (Å²) in [5.41, 5.74) is 0.522. The molecule has 0 spiro atoms. The van der Waals surface area contributed by atoms with Crippen LogP contribution in [-0.4, -0.2) is 30.5 Å². The van der Waals surface area contributed by atoms with Gasteiger partial charge >= 0.3 is 5.97 Å². The normalized spacial score (nSPS) is 9.88. The lowest BCUT2D eigenvalue weighted by Crippen LogP contribution is -2.20. The summed E-state index contributed by atoms with van der Waals surface area (Å²) < 4.78 is 9.86. The summed E-state index contributed by atoms with van der Waals surface area (Å²) in [4.78, 5) is 33.5. The highest BCUT2D eigenvalue weighted by Gasteiger charge is 2.12. The maximum absolute atomic E-state index is 11.8. The summed E-state index contributed by atoms with van der Waals surface area (Å²) in [5.74, 6) is -0.595. The molecule has 0 fully saturated rings. The van der Waals surface area contributed by atoms with Crippen molar-refractivity contribution >= 4 is 23.3 Å². The van der Waals surface area contributed by atoms with Gasteiger partial charge in [0, 0.05) is 17.8 Å². The number of nitro benzene ring substituents is 1. The molecule has 2 rings (SSSR count). The molecule has 0 aromatic heterocycles. The Labute approximate surface area is 137 Å². The summed E-state index contributed by atoms with van der Waals surface area (Å²) >= 11 is 0. The number of ether oxygens (including phenoxy) is 2. The Morgan fingerprint density at radius 3 is 2.25 bits per heavy atom. The van der Waals surface area contributed by atoms with Crippen LogP contribution in [0.5, 0.6) is 5.75 Å². The number of rotatable bonds is 6. The maximum Gasteiger partial charge on any atom is 0.338 e. The highest BCUT2D eigenvalue weighted by molar-refractivity contribution is 5.95. The van der Waals surface area contributed by atoms with Crippen LogP contribution < -0.4 is 10.1 Å². The number of esters is 1. The highest BCUT2D eigenvalue weighted by Crippen LogP contribution is 2.15. The number of anilines is 1. The zero-order valence-corrected chi connectivity index (χ0v) is 12.7. The Hall–Kier alpha value is -3.42. The fraction of sp³-hybridized carbons (Fsp3) is 0.125. The summed E-state index contributed by atoms with van der Waals surface area (Å²) in [5, 5.41) is 13.1. The van der Waals surface area contributed by atoms with E-state index in [-0.39, 0.29) is 11.3 Å². The van der Waals surface area contributed by atoms with Crippen molar-refractivity contribution in [1.82, 2.24) is 0 Å². The number of methoxy groups -OCH3 is 1. The molecule has 0 saturated carbocycles. The molecule has 1 amide bonds. The molecule has 0 atom stereocenters. The van der Waals surface area contributed by atoms with Gasteiger partial charge in [-0.2, -0.15) is 0 Å². The minimum atomic E-state index is -0.741. The number of nitrogens with zero attached hydrogens (tertiary/aromatic N) is 1. The Bertz CT molecular complexity index is 740. The minimum Gasteiger partial charge on any atom is -0.497 e. The highest BCUT2D eigenvalue weighted by atomic mass is 16.6. The molecule has 8 nitrogen and oxygen atoms in total. The number of nitrogens with one attached hydrogen (secondary N) is 1. The summed E-state index contributed by atoms with van der Waals surface area (Å²) in [7, 11) is 1.53. The molecular weight excluding hydrogens is 316 g/mol. The predicted molar refractivity (Wildman–Crippen MR) is 85.0 cm³/mol. The van der Waals surface area contributed by atoms with Gasteiger partial charge in [-0.3, -0.25) is 14.9 Å². The number of hydrogen-bond donors (Lipinski definition) is 1. The standard InChI is InChI=1S/C16H14N2O6/c1-23-14-8-4-12(5-9-14)17-15(19)10-24-16(20)11-2-6-13(7-3-11)18(21)22/h2-9H,10H2,1H3,(H,17,19). The third-order valence-corrected chi connectivity index (χ3v) is 3.02. The van der Waals surface area contributed by atoms with Gasteiger partial charge in [-0.25, -0.2) is 4.79 Å². The van der Waals surface area contributed by atoms with Gasteiger partial charge in [0.1, 0.15) is 5.75 Å². The third kappa shape index (κ3) is 4.54. The Balaban J connectivity index is 1.86. The number of benzene rings is 2. The molecule has 0 aliphatic heterocycles. The Morgan fingerprint density at radius 2 is 1.71 bits per heavy atom. The molecule has 0 saturated heterocycles. The molecule has 0 unspecified atom stereocenters. The van der Waals surface area contributed by atoms with Crippen LogP contribution in [0.4, 0.5) is 11.4 Å². The number of hydrogen-bond acceptors (Lipinski definition) is 6. The van der Waals surface area contributed by atoms with E-state index in [2.05, 4.69) is 5.32 Å². The lowest BCUT2D eigenvalue weighted by atomic mass is 10.2. The summed E-state index contributed by atoms with van der Waals surface area (Å²) in [6.45, 7) is -0.470. The van der Waals surface area contributed by atoms with Crippen molar-refractivity contribution in [1.29, 1.82) is 0 Å². The Kier molecular flexibility index (Phi) is 5.45. The van der Waals surface area contributed by atoms with Crippen LogP contribution in [0.15, 0.2) is 48.5 Å². The van der Waals surface area contributed by atoms with E-state index in [1.54, 1.807) is 24.3 Å². The molecule has 0 aliphatic rings. The maximum atomic E-state index is 11.8. The number of non-ortho nitro benzene ring substituents is 1. The smallest absolute Gasteiger partial charge is 0.338 e. The van der Waals surface area contributed by atoms with Crippen LogP contribution >= 0.6 is 0 Å². The van der Waals surface area contributed by atoms with E-state index >= 15 is 0 Å². The average Bonchev–Trinajstić information content (AvgIpc) is 2.60. The zero-order valence-electron chi connectivity index (χ0n) is 12.7. The van der Waals surface area contributed by atoms with Crippen molar-refractivity contribution in [2.75, 3.05) is 19.0 Å². The quantitative estimate of drug-likeness (QED) is 0.495. The molecule has 0 radical (unpaired) electrons. The minimum absolute atomic E-state index is 0.123. The molecule has 0 bridgehead atoms. The first-order chi connectivity index (χ1) is 11.5. The van der Waals surface area contributed by atoms with Crippen molar-refractivity contribution in [3.8, 4) is 5.75 Å². The van der Waals surface area contributed by atoms with Crippen LogP contribution in [0.25, 0.3) is 0 Å². The number of amides is 1. The molecule has 24 heavy (non-hydrogen) atoms. The zero-order chi connectivity index (χ0) is 17.5. The van der Waals surface area contributed by atoms with Crippen LogP contribution in [0.2, 0.25) is 0 Å². The molecule has 2 aromatic rings. The average molecular weight is 330 g/mol. The number of carbonyl (C=O) groups is 2. The molecule has 0 aliphatic carbocycles. The van der Waals surface area contributed by atoms with Gasteiger partial charge in [-0.05, 0) is 36.4 Å². The van der Waals surface area contributed by atoms with E-state index in [4.69, 9.17) is 9.47 Å². The first-order valence-corrected chi connectivity index (χ1v) is 6.85. The van der Waals surface area contributed by atoms with Crippen molar-refractivity contribution in [2.45, 2.75) is 0 Å². The molecule has 1 N–H and O–H groups in total. The van der Waals surface area contributed by atoms with E-state index in [1.165, 1.54) is 31.4 Å². The van der Waals surface area contributed by atoms with Crippen molar-refractivity contribution < 1.29 is 24.0 Å². The topological polar surface area (TPSA) is 108 Å². The van der Waals surface area contributed by atoms with E-state index in [1.807, 2.05) is 0 Å². The number of nitro groups is 1. The molecule has 0 heterocycles. The summed E-state index contributed by atoms with van der Waals surface area (Å²) in [6, 6.07) is 11.6. The Morgan fingerprint density at radius 1 is 1.08 bits per heavy atom. The fourth-order valence-corrected chi connectivity index (χ4v) is 1.81. The molecule has 8 heteroatoms. The van der Waals surface area contributed by atoms with E-state index in [0.717, 1.165) is 0 Å². The fourth-order valence-electron chi connectivity index (χ4n) is 1.81. The van der Waals surface area contributed by atoms with Gasteiger partial charge in [0.2, 0.25) is 0 Å². The number of carbonyl (C=O) groups excluding carboxylic acids is 2. The van der Waals surface area contributed by atoms with Crippen molar-refractivity contribution in [2.24, 2.45) is 0 Å². The summed E-state index contributed by atoms with van der Waals surface area (Å²) in [6.07, 6.45) is 0. The van der Waals surface area contributed by atoms with Gasteiger partial charge in [-0.1, -0.05) is 0 Å². The second kappa shape index (κ2) is 7.73. The van der Waals surface area contributed by atoms with Gasteiger partial charge in [0.25, 0.3) is 11.6 Å². The van der Waals surface area contributed by atoms with Crippen molar-refractivity contribution in [3.63, 3.8) is 0 Å². The van der Waals surface area contributed by atoms with Crippen LogP contribution in [0, 0.1) is 10.1 Å². The van der Waals surface area contributed by atoms with E-state index < -0.39 is 23.4 Å². The van der Waals surface area contributed by atoms with Gasteiger partial charge in [0.15, 0.2) is 6.61 Å². The first kappa shape index (κ1) is 16.9. The second-order valence-electron chi connectivity index (χ2n) is 4.66. The van der Waals surface area contributed by atoms with Crippen molar-refractivity contribution in [3.05, 3.63) is 64.2 Å².